The summed E-state index contributed by atoms with van der Waals surface area (Å²) >= 11 is 1.82. The largest absolute Gasteiger partial charge is 0.481 e. The van der Waals surface area contributed by atoms with E-state index in [1.807, 2.05) is 17.5 Å². The van der Waals surface area contributed by atoms with Gasteiger partial charge < -0.3 is 14.6 Å². The van der Waals surface area contributed by atoms with Crippen LogP contribution in [-0.4, -0.2) is 45.2 Å². The van der Waals surface area contributed by atoms with Gasteiger partial charge in [0.2, 0.25) is 0 Å². The van der Waals surface area contributed by atoms with E-state index in [2.05, 4.69) is 32.1 Å². The molecule has 0 radical (unpaired) electrons. The molecule has 0 aliphatic carbocycles. The van der Waals surface area contributed by atoms with Crippen LogP contribution in [0.15, 0.2) is 29.4 Å². The van der Waals surface area contributed by atoms with Crippen LogP contribution in [-0.2, 0) is 17.8 Å². The van der Waals surface area contributed by atoms with Crippen LogP contribution < -0.4 is 0 Å². The zero-order valence-electron chi connectivity index (χ0n) is 13.6. The molecule has 4 heterocycles. The van der Waals surface area contributed by atoms with E-state index in [9.17, 15) is 4.79 Å². The van der Waals surface area contributed by atoms with Gasteiger partial charge >= 0.3 is 5.97 Å². The van der Waals surface area contributed by atoms with Crippen molar-refractivity contribution in [1.29, 1.82) is 0 Å². The number of rotatable bonds is 3. The SMILES string of the molecule is O=C(O)CCN1CCC(=C2c3sccc3CCn3ccnc32)CC1. The number of carboxylic acid groups (broad SMARTS) is 1. The first-order valence-corrected chi connectivity index (χ1v) is 9.35. The minimum absolute atomic E-state index is 0.228. The average molecular weight is 343 g/mol. The van der Waals surface area contributed by atoms with E-state index < -0.39 is 5.97 Å². The third-order valence-electron chi connectivity index (χ3n) is 4.99. The molecule has 0 saturated carbocycles. The lowest BCUT2D eigenvalue weighted by Gasteiger charge is -2.29. The van der Waals surface area contributed by atoms with Crippen LogP contribution in [0.4, 0.5) is 0 Å². The molecule has 0 unspecified atom stereocenters. The predicted octanol–water partition coefficient (Wildman–Crippen LogP) is 2.87. The highest BCUT2D eigenvalue weighted by molar-refractivity contribution is 7.11. The monoisotopic (exact) mass is 343 g/mol. The smallest absolute Gasteiger partial charge is 0.304 e. The Labute approximate surface area is 145 Å². The van der Waals surface area contributed by atoms with Gasteiger partial charge in [-0.1, -0.05) is 5.57 Å². The van der Waals surface area contributed by atoms with E-state index in [-0.39, 0.29) is 6.42 Å². The maximum absolute atomic E-state index is 10.8. The molecule has 24 heavy (non-hydrogen) atoms. The Morgan fingerprint density at radius 3 is 2.88 bits per heavy atom. The molecule has 126 valence electrons. The molecule has 1 saturated heterocycles. The van der Waals surface area contributed by atoms with Gasteiger partial charge in [-0.25, -0.2) is 4.98 Å². The van der Waals surface area contributed by atoms with E-state index in [4.69, 9.17) is 5.11 Å². The lowest BCUT2D eigenvalue weighted by molar-refractivity contribution is -0.137. The number of aryl methyl sites for hydroxylation is 2. The number of hydrogen-bond donors (Lipinski definition) is 1. The molecular formula is C18H21N3O2S. The van der Waals surface area contributed by atoms with Crippen LogP contribution in [0.3, 0.4) is 0 Å². The Bertz CT molecular complexity index is 736. The Morgan fingerprint density at radius 1 is 1.25 bits per heavy atom. The summed E-state index contributed by atoms with van der Waals surface area (Å²) in [6, 6.07) is 2.25. The predicted molar refractivity (Wildman–Crippen MR) is 94.2 cm³/mol. The fourth-order valence-electron chi connectivity index (χ4n) is 3.68. The second-order valence-corrected chi connectivity index (χ2v) is 7.35. The Balaban J connectivity index is 1.63. The van der Waals surface area contributed by atoms with Gasteiger partial charge in [0, 0.05) is 49.0 Å². The van der Waals surface area contributed by atoms with Crippen LogP contribution in [0, 0.1) is 0 Å². The average Bonchev–Trinajstić information content (AvgIpc) is 3.20. The minimum atomic E-state index is -0.715. The van der Waals surface area contributed by atoms with Crippen molar-refractivity contribution in [3.05, 3.63) is 45.7 Å². The maximum Gasteiger partial charge on any atom is 0.304 e. The molecule has 4 rings (SSSR count). The summed E-state index contributed by atoms with van der Waals surface area (Å²) in [5.41, 5.74) is 4.24. The topological polar surface area (TPSA) is 58.4 Å². The number of nitrogens with zero attached hydrogens (tertiary/aromatic N) is 3. The van der Waals surface area contributed by atoms with E-state index in [1.54, 1.807) is 0 Å². The first-order valence-electron chi connectivity index (χ1n) is 8.47. The van der Waals surface area contributed by atoms with Gasteiger partial charge in [-0.2, -0.15) is 0 Å². The van der Waals surface area contributed by atoms with Gasteiger partial charge in [0.1, 0.15) is 5.82 Å². The van der Waals surface area contributed by atoms with Gasteiger partial charge in [0.15, 0.2) is 0 Å². The van der Waals surface area contributed by atoms with Crippen molar-refractivity contribution in [2.45, 2.75) is 32.2 Å². The van der Waals surface area contributed by atoms with Gasteiger partial charge in [-0.15, -0.1) is 11.3 Å². The summed E-state index contributed by atoms with van der Waals surface area (Å²) in [5, 5.41) is 11.0. The van der Waals surface area contributed by atoms with Crippen molar-refractivity contribution >= 4 is 22.9 Å². The second-order valence-electron chi connectivity index (χ2n) is 6.43. The standard InChI is InChI=1S/C18H21N3O2S/c22-15(23)4-9-20-7-1-13(2-8-20)16-17-14(5-12-24-17)3-10-21-11-6-19-18(16)21/h5-6,11-12H,1-4,7-10H2,(H,22,23). The van der Waals surface area contributed by atoms with Crippen LogP contribution in [0.1, 0.15) is 35.5 Å². The summed E-state index contributed by atoms with van der Waals surface area (Å²) in [4.78, 5) is 19.1. The van der Waals surface area contributed by atoms with Crippen molar-refractivity contribution in [3.8, 4) is 0 Å². The van der Waals surface area contributed by atoms with Crippen molar-refractivity contribution in [1.82, 2.24) is 14.5 Å². The van der Waals surface area contributed by atoms with Crippen LogP contribution in [0.25, 0.3) is 5.57 Å². The second kappa shape index (κ2) is 6.53. The zero-order chi connectivity index (χ0) is 16.5. The summed E-state index contributed by atoms with van der Waals surface area (Å²) in [5.74, 6) is 0.387. The molecule has 0 atom stereocenters. The molecule has 1 N–H and O–H groups in total. The molecule has 0 amide bonds. The number of likely N-dealkylation sites (tertiary alicyclic amines) is 1. The number of fused-ring (bicyclic) bond motifs is 2. The Kier molecular flexibility index (Phi) is 4.24. The number of piperidine rings is 1. The quantitative estimate of drug-likeness (QED) is 0.931. The molecule has 2 aromatic rings. The summed E-state index contributed by atoms with van der Waals surface area (Å²) in [7, 11) is 0. The van der Waals surface area contributed by atoms with Gasteiger partial charge in [-0.05, 0) is 36.3 Å². The zero-order valence-corrected chi connectivity index (χ0v) is 14.4. The molecule has 2 aliphatic heterocycles. The van der Waals surface area contributed by atoms with Crippen LogP contribution >= 0.6 is 11.3 Å². The lowest BCUT2D eigenvalue weighted by atomic mass is 9.95. The van der Waals surface area contributed by atoms with E-state index in [1.165, 1.54) is 21.6 Å². The molecule has 0 bridgehead atoms. The van der Waals surface area contributed by atoms with Gasteiger partial charge in [0.25, 0.3) is 0 Å². The third kappa shape index (κ3) is 2.91. The van der Waals surface area contributed by atoms with Gasteiger partial charge in [0.05, 0.1) is 6.42 Å². The molecule has 0 aromatic carbocycles. The molecule has 2 aliphatic rings. The first kappa shape index (κ1) is 15.6. The summed E-state index contributed by atoms with van der Waals surface area (Å²) < 4.78 is 2.27. The highest BCUT2D eigenvalue weighted by Crippen LogP contribution is 2.38. The molecule has 2 aromatic heterocycles. The normalized spacial score (nSPS) is 18.2. The fraction of sp³-hybridized carbons (Fsp3) is 0.444. The van der Waals surface area contributed by atoms with Crippen molar-refractivity contribution in [3.63, 3.8) is 0 Å². The fourth-order valence-corrected chi connectivity index (χ4v) is 4.72. The summed E-state index contributed by atoms with van der Waals surface area (Å²) in [6.45, 7) is 3.51. The highest BCUT2D eigenvalue weighted by Gasteiger charge is 2.25. The molecular weight excluding hydrogens is 322 g/mol. The molecule has 6 heteroatoms. The highest BCUT2D eigenvalue weighted by atomic mass is 32.1. The minimum Gasteiger partial charge on any atom is -0.481 e. The number of aliphatic carboxylic acids is 1. The van der Waals surface area contributed by atoms with E-state index >= 15 is 0 Å². The van der Waals surface area contributed by atoms with Gasteiger partial charge in [-0.3, -0.25) is 4.79 Å². The van der Waals surface area contributed by atoms with Crippen LogP contribution in [0.5, 0.6) is 0 Å². The first-order chi connectivity index (χ1) is 11.7. The van der Waals surface area contributed by atoms with E-state index in [0.29, 0.717) is 6.54 Å². The lowest BCUT2D eigenvalue weighted by Crippen LogP contribution is -2.33. The summed E-state index contributed by atoms with van der Waals surface area (Å²) in [6.07, 6.45) is 7.26. The number of thiophene rings is 1. The third-order valence-corrected chi connectivity index (χ3v) is 5.96. The van der Waals surface area contributed by atoms with Crippen LogP contribution in [0.2, 0.25) is 0 Å². The molecule has 5 nitrogen and oxygen atoms in total. The number of imidazole rings is 1. The number of carboxylic acids is 1. The number of hydrogen-bond acceptors (Lipinski definition) is 4. The van der Waals surface area contributed by atoms with Crippen molar-refractivity contribution in [2.75, 3.05) is 19.6 Å². The number of carbonyl (C=O) groups is 1. The Hall–Kier alpha value is -1.92. The van der Waals surface area contributed by atoms with E-state index in [0.717, 1.165) is 44.7 Å². The van der Waals surface area contributed by atoms with Crippen molar-refractivity contribution < 1.29 is 9.90 Å². The molecule has 0 spiro atoms. The number of aromatic nitrogens is 2. The van der Waals surface area contributed by atoms with Crippen molar-refractivity contribution in [2.24, 2.45) is 0 Å². The Morgan fingerprint density at radius 2 is 2.08 bits per heavy atom. The maximum atomic E-state index is 10.8. The molecule has 1 fully saturated rings.